The van der Waals surface area contributed by atoms with Gasteiger partial charge in [0.05, 0.1) is 10.1 Å². The first kappa shape index (κ1) is 27.8. The minimum absolute atomic E-state index is 0.128. The number of ether oxygens (including phenoxy) is 1. The van der Waals surface area contributed by atoms with E-state index in [1.54, 1.807) is 18.2 Å². The molecule has 1 atom stereocenters. The van der Waals surface area contributed by atoms with Crippen molar-refractivity contribution in [2.45, 2.75) is 84.3 Å². The number of allylic oxidation sites excluding steroid dienone is 6. The first-order valence-corrected chi connectivity index (χ1v) is 13.5. The maximum Gasteiger partial charge on any atom is 0.302 e. The third kappa shape index (κ3) is 7.83. The molecule has 186 valence electrons. The molecule has 2 rings (SSSR count). The molecule has 0 spiro atoms. The van der Waals surface area contributed by atoms with E-state index in [0.29, 0.717) is 11.3 Å². The van der Waals surface area contributed by atoms with Gasteiger partial charge in [-0.3, -0.25) is 4.79 Å². The van der Waals surface area contributed by atoms with Gasteiger partial charge in [-0.2, -0.15) is 0 Å². The lowest BCUT2D eigenvalue weighted by Crippen LogP contribution is -2.21. The fraction of sp³-hybridized carbons (Fsp3) is 0.483. The van der Waals surface area contributed by atoms with Crippen molar-refractivity contribution in [2.24, 2.45) is 5.41 Å². The van der Waals surface area contributed by atoms with Crippen LogP contribution in [-0.4, -0.2) is 26.2 Å². The quantitative estimate of drug-likeness (QED) is 0.214. The Kier molecular flexibility index (Phi) is 9.69. The van der Waals surface area contributed by atoms with Gasteiger partial charge in [0, 0.05) is 6.92 Å². The van der Waals surface area contributed by atoms with Crippen molar-refractivity contribution in [3.8, 4) is 0 Å². The van der Waals surface area contributed by atoms with Gasteiger partial charge in [0.1, 0.15) is 6.61 Å². The zero-order valence-corrected chi connectivity index (χ0v) is 22.6. The van der Waals surface area contributed by atoms with Crippen molar-refractivity contribution >= 4 is 15.8 Å². The van der Waals surface area contributed by atoms with Crippen LogP contribution in [0.4, 0.5) is 0 Å². The van der Waals surface area contributed by atoms with Gasteiger partial charge in [0.2, 0.25) is 0 Å². The average molecular weight is 485 g/mol. The average Bonchev–Trinajstić information content (AvgIpc) is 2.72. The van der Waals surface area contributed by atoms with E-state index in [9.17, 15) is 13.2 Å². The van der Waals surface area contributed by atoms with Crippen LogP contribution in [0.15, 0.2) is 75.8 Å². The Bertz CT molecular complexity index is 1100. The zero-order chi connectivity index (χ0) is 25.5. The molecule has 1 aliphatic rings. The second kappa shape index (κ2) is 11.8. The molecule has 1 unspecified atom stereocenters. The first-order valence-electron chi connectivity index (χ1n) is 12.0. The summed E-state index contributed by atoms with van der Waals surface area (Å²) >= 11 is 0. The molecule has 1 aromatic rings. The maximum absolute atomic E-state index is 13.6. The molecule has 0 N–H and O–H groups in total. The Morgan fingerprint density at radius 2 is 1.76 bits per heavy atom. The van der Waals surface area contributed by atoms with Crippen molar-refractivity contribution in [1.82, 2.24) is 0 Å². The molecular formula is C29H40O4S. The minimum Gasteiger partial charge on any atom is -0.462 e. The topological polar surface area (TPSA) is 60.4 Å². The van der Waals surface area contributed by atoms with Crippen molar-refractivity contribution in [3.05, 3.63) is 76.4 Å². The molecule has 0 radical (unpaired) electrons. The highest BCUT2D eigenvalue weighted by Crippen LogP contribution is 2.40. The standard InChI is InChI=1S/C29H40O4S/c1-21-10-13-26(14-11-21)34(31,32)27(20-23(3)16-18-33-25(5)30)19-22(2)12-15-28-24(4)9-8-17-29(28,6)7/h10-16,19,27H,8-9,17-18,20H2,1-7H3/b15-12+,22-19+,23-16+. The van der Waals surface area contributed by atoms with Crippen molar-refractivity contribution in [2.75, 3.05) is 6.61 Å². The highest BCUT2D eigenvalue weighted by Gasteiger charge is 2.27. The molecule has 0 aromatic heterocycles. The first-order chi connectivity index (χ1) is 15.8. The Hall–Kier alpha value is -2.40. The van der Waals surface area contributed by atoms with E-state index < -0.39 is 15.1 Å². The van der Waals surface area contributed by atoms with E-state index in [1.807, 2.05) is 45.1 Å². The van der Waals surface area contributed by atoms with Crippen LogP contribution in [0.5, 0.6) is 0 Å². The number of esters is 1. The van der Waals surface area contributed by atoms with Crippen LogP contribution in [0.1, 0.15) is 72.8 Å². The van der Waals surface area contributed by atoms with Crippen LogP contribution in [0.3, 0.4) is 0 Å². The highest BCUT2D eigenvalue weighted by molar-refractivity contribution is 7.92. The van der Waals surface area contributed by atoms with E-state index in [1.165, 1.54) is 24.5 Å². The summed E-state index contributed by atoms with van der Waals surface area (Å²) in [5.41, 5.74) is 5.68. The van der Waals surface area contributed by atoms with Crippen LogP contribution in [0.2, 0.25) is 0 Å². The van der Waals surface area contributed by atoms with Gasteiger partial charge < -0.3 is 4.74 Å². The summed E-state index contributed by atoms with van der Waals surface area (Å²) in [7, 11) is -3.60. The molecule has 5 heteroatoms. The number of rotatable bonds is 9. The molecule has 1 aromatic carbocycles. The summed E-state index contributed by atoms with van der Waals surface area (Å²) in [6.45, 7) is 14.0. The van der Waals surface area contributed by atoms with Crippen LogP contribution in [-0.2, 0) is 19.4 Å². The number of aryl methyl sites for hydroxylation is 1. The smallest absolute Gasteiger partial charge is 0.302 e. The Morgan fingerprint density at radius 1 is 1.12 bits per heavy atom. The molecule has 0 amide bonds. The number of sulfone groups is 1. The minimum atomic E-state index is -3.60. The molecule has 0 saturated carbocycles. The summed E-state index contributed by atoms with van der Waals surface area (Å²) in [5.74, 6) is -0.357. The summed E-state index contributed by atoms with van der Waals surface area (Å²) < 4.78 is 32.1. The zero-order valence-electron chi connectivity index (χ0n) is 21.8. The fourth-order valence-electron chi connectivity index (χ4n) is 4.44. The normalized spacial score (nSPS) is 18.3. The van der Waals surface area contributed by atoms with E-state index in [-0.39, 0.29) is 18.0 Å². The summed E-state index contributed by atoms with van der Waals surface area (Å²) in [6.07, 6.45) is 11.6. The number of hydrogen-bond acceptors (Lipinski definition) is 4. The van der Waals surface area contributed by atoms with Gasteiger partial charge in [-0.05, 0) is 82.6 Å². The fourth-order valence-corrected chi connectivity index (χ4v) is 6.18. The van der Waals surface area contributed by atoms with Crippen LogP contribution in [0, 0.1) is 12.3 Å². The predicted molar refractivity (Wildman–Crippen MR) is 140 cm³/mol. The summed E-state index contributed by atoms with van der Waals surface area (Å²) in [6, 6.07) is 7.00. The van der Waals surface area contributed by atoms with Gasteiger partial charge in [0.25, 0.3) is 0 Å². The largest absolute Gasteiger partial charge is 0.462 e. The molecule has 34 heavy (non-hydrogen) atoms. The second-order valence-corrected chi connectivity index (χ2v) is 12.3. The van der Waals surface area contributed by atoms with E-state index in [0.717, 1.165) is 29.6 Å². The van der Waals surface area contributed by atoms with Crippen molar-refractivity contribution < 1.29 is 17.9 Å². The number of benzene rings is 1. The lowest BCUT2D eigenvalue weighted by atomic mass is 9.72. The molecular weight excluding hydrogens is 444 g/mol. The second-order valence-electron chi connectivity index (χ2n) is 10.1. The van der Waals surface area contributed by atoms with Crippen molar-refractivity contribution in [3.63, 3.8) is 0 Å². The van der Waals surface area contributed by atoms with Crippen LogP contribution >= 0.6 is 0 Å². The molecule has 0 bridgehead atoms. The van der Waals surface area contributed by atoms with Gasteiger partial charge in [-0.1, -0.05) is 66.5 Å². The molecule has 0 aliphatic heterocycles. The van der Waals surface area contributed by atoms with E-state index >= 15 is 0 Å². The third-order valence-electron chi connectivity index (χ3n) is 6.49. The lowest BCUT2D eigenvalue weighted by Gasteiger charge is -2.33. The predicted octanol–water partition coefficient (Wildman–Crippen LogP) is 7.07. The SMILES string of the molecule is CC(=O)OC/C=C(\C)CC(/C=C(C)/C=C/C1=C(C)CCCC1(C)C)S(=O)(=O)c1ccc(C)cc1. The van der Waals surface area contributed by atoms with Crippen molar-refractivity contribution in [1.29, 1.82) is 0 Å². The monoisotopic (exact) mass is 484 g/mol. The van der Waals surface area contributed by atoms with Gasteiger partial charge in [-0.15, -0.1) is 0 Å². The summed E-state index contributed by atoms with van der Waals surface area (Å²) in [4.78, 5) is 11.4. The van der Waals surface area contributed by atoms with E-state index in [4.69, 9.17) is 4.74 Å². The van der Waals surface area contributed by atoms with Crippen LogP contribution < -0.4 is 0 Å². The Morgan fingerprint density at radius 3 is 2.35 bits per heavy atom. The summed E-state index contributed by atoms with van der Waals surface area (Å²) in [5, 5.41) is -0.720. The molecule has 4 nitrogen and oxygen atoms in total. The molecule has 0 heterocycles. The molecule has 1 aliphatic carbocycles. The van der Waals surface area contributed by atoms with Crippen LogP contribution in [0.25, 0.3) is 0 Å². The van der Waals surface area contributed by atoms with Gasteiger partial charge in [0.15, 0.2) is 9.84 Å². The number of hydrogen-bond donors (Lipinski definition) is 0. The van der Waals surface area contributed by atoms with E-state index in [2.05, 4.69) is 26.8 Å². The lowest BCUT2D eigenvalue weighted by molar-refractivity contribution is -0.139. The Labute approximate surface area is 206 Å². The molecule has 0 fully saturated rings. The molecule has 0 saturated heterocycles. The Balaban J connectivity index is 2.39. The third-order valence-corrected chi connectivity index (χ3v) is 8.52. The number of carbonyl (C=O) groups is 1. The number of carbonyl (C=O) groups excluding carboxylic acids is 1. The maximum atomic E-state index is 13.6. The van der Waals surface area contributed by atoms with Gasteiger partial charge in [-0.25, -0.2) is 8.42 Å². The highest BCUT2D eigenvalue weighted by atomic mass is 32.2. The van der Waals surface area contributed by atoms with Gasteiger partial charge >= 0.3 is 5.97 Å².